The Bertz CT molecular complexity index is 870. The molecule has 0 aromatic carbocycles. The molecule has 0 bridgehead atoms. The van der Waals surface area contributed by atoms with Crippen molar-refractivity contribution in [1.82, 2.24) is 0 Å². The molecule has 6 rings (SSSR count). The van der Waals surface area contributed by atoms with Crippen molar-refractivity contribution in [3.8, 4) is 0 Å². The largest absolute Gasteiger partial charge is 0.394 e. The maximum atomic E-state index is 9.47. The van der Waals surface area contributed by atoms with E-state index < -0.39 is 6.10 Å². The maximum absolute atomic E-state index is 9.47. The van der Waals surface area contributed by atoms with Crippen LogP contribution in [0.15, 0.2) is 11.6 Å². The average Bonchev–Trinajstić information content (AvgIpc) is 3.33. The monoisotopic (exact) mass is 534 g/mol. The van der Waals surface area contributed by atoms with Crippen LogP contribution in [0.4, 0.5) is 0 Å². The standard InChI is InChI=1S/C31H50O5S/c1-19-7-12-31(37-17-19)20(2)28-27(36-31)14-26-24-6-5-21-13-23(35-18-34-16-22(33)15-32)8-10-29(21,3)25(24)9-11-30(26,28)4/h5,19-20,22-28,32-33H,6-18H2,1-4H3/t19-,20+,22-,23+,24-,25+,26+,27+,28+,29+,30+,31+/m1/s1. The van der Waals surface area contributed by atoms with Crippen molar-refractivity contribution >= 4 is 11.8 Å². The molecule has 0 radical (unpaired) electrons. The second kappa shape index (κ2) is 10.1. The summed E-state index contributed by atoms with van der Waals surface area (Å²) in [5.41, 5.74) is 2.36. The second-order valence-corrected chi connectivity index (χ2v) is 15.4. The summed E-state index contributed by atoms with van der Waals surface area (Å²) in [7, 11) is 0. The molecule has 210 valence electrons. The number of rotatable bonds is 6. The van der Waals surface area contributed by atoms with E-state index in [4.69, 9.17) is 19.3 Å². The van der Waals surface area contributed by atoms with Gasteiger partial charge in [0.1, 0.15) is 17.8 Å². The highest BCUT2D eigenvalue weighted by molar-refractivity contribution is 8.00. The van der Waals surface area contributed by atoms with E-state index in [0.717, 1.165) is 42.4 Å². The van der Waals surface area contributed by atoms with Gasteiger partial charge in [-0.3, -0.25) is 0 Å². The molecule has 0 unspecified atom stereocenters. The SMILES string of the molecule is C[C@@H]1CC[C@]2(O[C@H]3C[C@H]4[C@@H]5CC=C6C[C@@H](OCOC[C@H](O)CO)CC[C@]6(C)[C@H]5CC[C@]4(C)[C@H]3[C@@H]2C)SC1. The van der Waals surface area contributed by atoms with Crippen molar-refractivity contribution < 1.29 is 24.4 Å². The number of thioether (sulfide) groups is 1. The Labute approximate surface area is 228 Å². The number of allylic oxidation sites excluding steroid dienone is 1. The van der Waals surface area contributed by atoms with E-state index in [1.807, 2.05) is 0 Å². The zero-order valence-electron chi connectivity index (χ0n) is 23.5. The number of fused-ring (bicyclic) bond motifs is 7. The molecule has 12 atom stereocenters. The van der Waals surface area contributed by atoms with Crippen LogP contribution in [0.25, 0.3) is 0 Å². The first-order valence-corrected chi connectivity index (χ1v) is 16.2. The molecule has 3 saturated carbocycles. The van der Waals surface area contributed by atoms with Gasteiger partial charge in [-0.2, -0.15) is 0 Å². The highest BCUT2D eigenvalue weighted by Gasteiger charge is 2.68. The molecule has 2 N–H and O–H groups in total. The summed E-state index contributed by atoms with van der Waals surface area (Å²) in [5, 5.41) is 18.4. The molecule has 2 saturated heterocycles. The van der Waals surface area contributed by atoms with E-state index in [9.17, 15) is 5.11 Å². The highest BCUT2D eigenvalue weighted by Crippen LogP contribution is 2.71. The lowest BCUT2D eigenvalue weighted by molar-refractivity contribution is -0.125. The summed E-state index contributed by atoms with van der Waals surface area (Å²) >= 11 is 2.15. The Balaban J connectivity index is 1.13. The van der Waals surface area contributed by atoms with E-state index in [0.29, 0.717) is 22.9 Å². The minimum atomic E-state index is -0.826. The van der Waals surface area contributed by atoms with Gasteiger partial charge in [0.05, 0.1) is 25.4 Å². The minimum absolute atomic E-state index is 0.0938. The summed E-state index contributed by atoms with van der Waals surface area (Å²) in [6.45, 7) is 10.2. The van der Waals surface area contributed by atoms with Gasteiger partial charge in [0.25, 0.3) is 0 Å². The third kappa shape index (κ3) is 4.39. The number of aliphatic hydroxyl groups is 2. The molecule has 5 fully saturated rings. The molecule has 6 heteroatoms. The summed E-state index contributed by atoms with van der Waals surface area (Å²) in [5.74, 6) is 5.87. The van der Waals surface area contributed by atoms with Gasteiger partial charge in [0, 0.05) is 5.92 Å². The van der Waals surface area contributed by atoms with Crippen molar-refractivity contribution in [3.05, 3.63) is 11.6 Å². The molecule has 2 heterocycles. The van der Waals surface area contributed by atoms with Crippen LogP contribution in [0.1, 0.15) is 85.5 Å². The van der Waals surface area contributed by atoms with Gasteiger partial charge in [-0.25, -0.2) is 0 Å². The van der Waals surface area contributed by atoms with Crippen molar-refractivity contribution in [2.75, 3.05) is 25.8 Å². The van der Waals surface area contributed by atoms with Gasteiger partial charge in [-0.1, -0.05) is 39.3 Å². The van der Waals surface area contributed by atoms with Crippen LogP contribution in [-0.4, -0.2) is 59.2 Å². The van der Waals surface area contributed by atoms with Crippen LogP contribution in [0, 0.1) is 46.3 Å². The first-order chi connectivity index (χ1) is 17.7. The topological polar surface area (TPSA) is 68.2 Å². The average molecular weight is 535 g/mol. The Morgan fingerprint density at radius 1 is 1.14 bits per heavy atom. The lowest BCUT2D eigenvalue weighted by Gasteiger charge is -2.58. The lowest BCUT2D eigenvalue weighted by atomic mass is 9.47. The number of hydrogen-bond acceptors (Lipinski definition) is 6. The fourth-order valence-electron chi connectivity index (χ4n) is 10.2. The molecule has 0 aromatic heterocycles. The maximum Gasteiger partial charge on any atom is 0.147 e. The van der Waals surface area contributed by atoms with Crippen LogP contribution in [-0.2, 0) is 14.2 Å². The highest BCUT2D eigenvalue weighted by atomic mass is 32.2. The van der Waals surface area contributed by atoms with Gasteiger partial charge in [-0.05, 0) is 104 Å². The van der Waals surface area contributed by atoms with Gasteiger partial charge in [-0.15, -0.1) is 11.8 Å². The first-order valence-electron chi connectivity index (χ1n) is 15.2. The molecule has 4 aliphatic carbocycles. The summed E-state index contributed by atoms with van der Waals surface area (Å²) in [6, 6.07) is 0. The zero-order chi connectivity index (χ0) is 26.0. The van der Waals surface area contributed by atoms with Gasteiger partial charge < -0.3 is 24.4 Å². The smallest absolute Gasteiger partial charge is 0.147 e. The molecule has 37 heavy (non-hydrogen) atoms. The summed E-state index contributed by atoms with van der Waals surface area (Å²) < 4.78 is 18.6. The predicted octanol–water partition coefficient (Wildman–Crippen LogP) is 5.78. The Morgan fingerprint density at radius 3 is 2.73 bits per heavy atom. The van der Waals surface area contributed by atoms with Crippen LogP contribution >= 0.6 is 11.8 Å². The predicted molar refractivity (Wildman–Crippen MR) is 147 cm³/mol. The third-order valence-corrected chi connectivity index (χ3v) is 14.1. The zero-order valence-corrected chi connectivity index (χ0v) is 24.3. The van der Waals surface area contributed by atoms with Crippen LogP contribution in [0.5, 0.6) is 0 Å². The Hall–Kier alpha value is -0.110. The third-order valence-electron chi connectivity index (χ3n) is 12.2. The molecule has 0 aromatic rings. The Kier molecular flexibility index (Phi) is 7.36. The Morgan fingerprint density at radius 2 is 1.97 bits per heavy atom. The minimum Gasteiger partial charge on any atom is -0.394 e. The van der Waals surface area contributed by atoms with E-state index in [2.05, 4.69) is 45.5 Å². The second-order valence-electron chi connectivity index (χ2n) is 14.1. The normalized spacial score (nSPS) is 51.7. The molecule has 0 amide bonds. The molecular weight excluding hydrogens is 484 g/mol. The van der Waals surface area contributed by atoms with Crippen molar-refractivity contribution in [2.45, 2.75) is 109 Å². The van der Waals surface area contributed by atoms with Crippen LogP contribution in [0.3, 0.4) is 0 Å². The molecule has 5 nitrogen and oxygen atoms in total. The first kappa shape index (κ1) is 27.1. The van der Waals surface area contributed by atoms with Crippen molar-refractivity contribution in [2.24, 2.45) is 46.3 Å². The molecule has 1 spiro atoms. The lowest BCUT2D eigenvalue weighted by Crippen LogP contribution is -2.51. The van der Waals surface area contributed by atoms with E-state index in [1.165, 1.54) is 50.7 Å². The fraction of sp³-hybridized carbons (Fsp3) is 0.935. The molecular formula is C31H50O5S. The van der Waals surface area contributed by atoms with Crippen molar-refractivity contribution in [1.29, 1.82) is 0 Å². The molecule has 2 aliphatic heterocycles. The molecule has 6 aliphatic rings. The van der Waals surface area contributed by atoms with Gasteiger partial charge >= 0.3 is 0 Å². The van der Waals surface area contributed by atoms with Gasteiger partial charge in [0.15, 0.2) is 0 Å². The number of hydrogen-bond donors (Lipinski definition) is 2. The summed E-state index contributed by atoms with van der Waals surface area (Å²) in [6.07, 6.45) is 13.6. The van der Waals surface area contributed by atoms with Crippen molar-refractivity contribution in [3.63, 3.8) is 0 Å². The van der Waals surface area contributed by atoms with Crippen LogP contribution < -0.4 is 0 Å². The number of ether oxygens (including phenoxy) is 3. The van der Waals surface area contributed by atoms with E-state index >= 15 is 0 Å². The summed E-state index contributed by atoms with van der Waals surface area (Å²) in [4.78, 5) is 0.0938. The van der Waals surface area contributed by atoms with Crippen LogP contribution in [0.2, 0.25) is 0 Å². The quantitative estimate of drug-likeness (QED) is 0.256. The van der Waals surface area contributed by atoms with E-state index in [1.54, 1.807) is 5.57 Å². The number of aliphatic hydroxyl groups excluding tert-OH is 2. The van der Waals surface area contributed by atoms with E-state index in [-0.39, 0.29) is 31.0 Å². The van der Waals surface area contributed by atoms with Gasteiger partial charge in [0.2, 0.25) is 0 Å². The fourth-order valence-corrected chi connectivity index (χ4v) is 11.8.